The fraction of sp³-hybridized carbons (Fsp3) is 0.417. The molecule has 0 aliphatic heterocycles. The fourth-order valence-corrected chi connectivity index (χ4v) is 1.51. The molecule has 3 nitrogen and oxygen atoms in total. The number of rotatable bonds is 1. The molecule has 1 aliphatic carbocycles. The molecule has 0 amide bonds. The predicted octanol–water partition coefficient (Wildman–Crippen LogP) is 2.42. The van der Waals surface area contributed by atoms with Crippen molar-refractivity contribution in [1.82, 2.24) is 4.98 Å². The Balaban J connectivity index is 0.000000442. The molecule has 3 heteroatoms. The average Bonchev–Trinajstić information content (AvgIpc) is 2.87. The van der Waals surface area contributed by atoms with E-state index in [0.717, 1.165) is 43.1 Å². The molecule has 1 aliphatic rings. The normalized spacial score (nSPS) is 11.9. The number of aromatic amines is 1. The number of nitrogens with one attached hydrogen (secondary N) is 1. The van der Waals surface area contributed by atoms with Crippen molar-refractivity contribution in [3.63, 3.8) is 0 Å². The molecule has 1 aromatic heterocycles. The van der Waals surface area contributed by atoms with Gasteiger partial charge in [-0.2, -0.15) is 0 Å². The van der Waals surface area contributed by atoms with Crippen molar-refractivity contribution in [2.45, 2.75) is 26.7 Å². The monoisotopic (exact) mass is 209 g/mol. The van der Waals surface area contributed by atoms with Gasteiger partial charge in [0.1, 0.15) is 0 Å². The predicted molar refractivity (Wildman–Crippen MR) is 63.0 cm³/mol. The van der Waals surface area contributed by atoms with Crippen LogP contribution in [-0.4, -0.2) is 23.5 Å². The second kappa shape index (κ2) is 7.01. The number of aryl methyl sites for hydroxylation is 1. The number of fused-ring (bicyclic) bond motifs is 1. The molecule has 0 fully saturated rings. The second-order valence-electron chi connectivity index (χ2n) is 2.84. The van der Waals surface area contributed by atoms with E-state index in [1.807, 2.05) is 19.9 Å². The van der Waals surface area contributed by atoms with Crippen LogP contribution in [-0.2, 0) is 6.42 Å². The molecular formula is C12H19NO2. The third-order valence-corrected chi connectivity index (χ3v) is 2.10. The minimum absolute atomic E-state index is 0.663. The van der Waals surface area contributed by atoms with Gasteiger partial charge in [0.2, 0.25) is 0 Å². The summed E-state index contributed by atoms with van der Waals surface area (Å²) in [5.41, 5.74) is 4.12. The molecular weight excluding hydrogens is 190 g/mol. The van der Waals surface area contributed by atoms with Gasteiger partial charge in [-0.1, -0.05) is 20.4 Å². The van der Waals surface area contributed by atoms with E-state index in [4.69, 9.17) is 5.11 Å². The maximum Gasteiger partial charge on any atom is 0.166 e. The summed E-state index contributed by atoms with van der Waals surface area (Å²) in [7, 11) is 1.00. The molecule has 0 radical (unpaired) electrons. The Hall–Kier alpha value is -1.35. The minimum atomic E-state index is 0.663. The molecule has 84 valence electrons. The molecule has 0 bridgehead atoms. The highest BCUT2D eigenvalue weighted by Gasteiger charge is 2.16. The molecule has 2 rings (SSSR count). The van der Waals surface area contributed by atoms with Crippen LogP contribution < -0.4 is 0 Å². The lowest BCUT2D eigenvalue weighted by Crippen LogP contribution is -1.81. The van der Waals surface area contributed by atoms with E-state index in [1.165, 1.54) is 0 Å². The van der Waals surface area contributed by atoms with Gasteiger partial charge >= 0.3 is 0 Å². The van der Waals surface area contributed by atoms with Crippen molar-refractivity contribution in [3.05, 3.63) is 29.6 Å². The third kappa shape index (κ3) is 3.06. The molecule has 15 heavy (non-hydrogen) atoms. The van der Waals surface area contributed by atoms with Crippen LogP contribution >= 0.6 is 0 Å². The number of aliphatic hydroxyl groups is 1. The smallest absolute Gasteiger partial charge is 0.166 e. The molecule has 0 aromatic carbocycles. The van der Waals surface area contributed by atoms with Gasteiger partial charge in [-0.25, -0.2) is 0 Å². The summed E-state index contributed by atoms with van der Waals surface area (Å²) in [5, 5.41) is 7.00. The van der Waals surface area contributed by atoms with Crippen LogP contribution in [0.5, 0.6) is 0 Å². The quantitative estimate of drug-likeness (QED) is 0.698. The number of allylic oxidation sites excluding steroid dienone is 1. The topological polar surface area (TPSA) is 53.1 Å². The molecule has 0 saturated heterocycles. The lowest BCUT2D eigenvalue weighted by atomic mass is 10.2. The van der Waals surface area contributed by atoms with E-state index in [-0.39, 0.29) is 0 Å². The van der Waals surface area contributed by atoms with Gasteiger partial charge in [-0.3, -0.25) is 4.79 Å². The number of carbonyl (C=O) groups is 1. The molecule has 1 heterocycles. The summed E-state index contributed by atoms with van der Waals surface area (Å²) in [5.74, 6) is 0. The van der Waals surface area contributed by atoms with Crippen LogP contribution in [0.4, 0.5) is 0 Å². The van der Waals surface area contributed by atoms with Crippen LogP contribution in [0.3, 0.4) is 0 Å². The second-order valence-corrected chi connectivity index (χ2v) is 2.84. The van der Waals surface area contributed by atoms with Crippen molar-refractivity contribution < 1.29 is 9.90 Å². The Kier molecular flexibility index (Phi) is 6.38. The van der Waals surface area contributed by atoms with E-state index in [1.54, 1.807) is 0 Å². The van der Waals surface area contributed by atoms with Crippen LogP contribution in [0, 0.1) is 0 Å². The maximum absolute atomic E-state index is 10.4. The number of aliphatic hydroxyl groups excluding tert-OH is 1. The zero-order valence-corrected chi connectivity index (χ0v) is 9.63. The molecule has 2 N–H and O–H groups in total. The average molecular weight is 209 g/mol. The first-order chi connectivity index (χ1) is 7.31. The summed E-state index contributed by atoms with van der Waals surface area (Å²) in [6.07, 6.45) is 2.87. The first kappa shape index (κ1) is 13.7. The van der Waals surface area contributed by atoms with Crippen LogP contribution in [0.25, 0.3) is 5.57 Å². The first-order valence-electron chi connectivity index (χ1n) is 5.11. The number of aromatic nitrogens is 1. The van der Waals surface area contributed by atoms with Gasteiger partial charge in [-0.15, -0.1) is 0 Å². The lowest BCUT2D eigenvalue weighted by molar-refractivity contribution is 0.111. The maximum atomic E-state index is 10.4. The van der Waals surface area contributed by atoms with Crippen LogP contribution in [0.1, 0.15) is 42.0 Å². The summed E-state index contributed by atoms with van der Waals surface area (Å²) >= 11 is 0. The Morgan fingerprint density at radius 2 is 2.00 bits per heavy atom. The van der Waals surface area contributed by atoms with Gasteiger partial charge in [0.15, 0.2) is 6.29 Å². The van der Waals surface area contributed by atoms with E-state index in [9.17, 15) is 4.79 Å². The largest absolute Gasteiger partial charge is 0.400 e. The van der Waals surface area contributed by atoms with Crippen molar-refractivity contribution in [3.8, 4) is 0 Å². The Morgan fingerprint density at radius 3 is 2.47 bits per heavy atom. The van der Waals surface area contributed by atoms with Crippen LogP contribution in [0.2, 0.25) is 0 Å². The molecule has 0 spiro atoms. The standard InChI is InChI=1S/C9H9NO.C2H6.CH4O/c1-6-2-3-9-8(6)4-7(5-11)10-9;2*1-2/h4-5,10H,1-3H2;1-2H3;2H,1H3. The zero-order valence-electron chi connectivity index (χ0n) is 9.63. The van der Waals surface area contributed by atoms with Crippen molar-refractivity contribution >= 4 is 11.9 Å². The number of carbonyl (C=O) groups excluding carboxylic acids is 1. The van der Waals surface area contributed by atoms with Gasteiger partial charge in [0.25, 0.3) is 0 Å². The molecule has 0 unspecified atom stereocenters. The van der Waals surface area contributed by atoms with E-state index in [2.05, 4.69) is 11.6 Å². The Labute approximate surface area is 90.8 Å². The van der Waals surface area contributed by atoms with Gasteiger partial charge < -0.3 is 10.1 Å². The minimum Gasteiger partial charge on any atom is -0.400 e. The SMILES string of the molecule is C=C1CCc2[nH]c(C=O)cc21.CC.CO. The Morgan fingerprint density at radius 1 is 1.40 bits per heavy atom. The molecule has 0 atom stereocenters. The third-order valence-electron chi connectivity index (χ3n) is 2.10. The van der Waals surface area contributed by atoms with E-state index in [0.29, 0.717) is 5.69 Å². The fourth-order valence-electron chi connectivity index (χ4n) is 1.51. The lowest BCUT2D eigenvalue weighted by Gasteiger charge is -1.87. The van der Waals surface area contributed by atoms with E-state index >= 15 is 0 Å². The van der Waals surface area contributed by atoms with Crippen molar-refractivity contribution in [2.75, 3.05) is 7.11 Å². The van der Waals surface area contributed by atoms with Crippen molar-refractivity contribution in [1.29, 1.82) is 0 Å². The summed E-state index contributed by atoms with van der Waals surface area (Å²) in [4.78, 5) is 13.4. The number of hydrogen-bond acceptors (Lipinski definition) is 2. The highest BCUT2D eigenvalue weighted by atomic mass is 16.2. The van der Waals surface area contributed by atoms with Gasteiger partial charge in [0.05, 0.1) is 5.69 Å². The van der Waals surface area contributed by atoms with Crippen molar-refractivity contribution in [2.24, 2.45) is 0 Å². The number of hydrogen-bond donors (Lipinski definition) is 2. The summed E-state index contributed by atoms with van der Waals surface area (Å²) < 4.78 is 0. The number of H-pyrrole nitrogens is 1. The van der Waals surface area contributed by atoms with E-state index < -0.39 is 0 Å². The highest BCUT2D eigenvalue weighted by molar-refractivity contribution is 5.79. The summed E-state index contributed by atoms with van der Waals surface area (Å²) in [6, 6.07) is 1.87. The van der Waals surface area contributed by atoms with Gasteiger partial charge in [-0.05, 0) is 30.0 Å². The van der Waals surface area contributed by atoms with Gasteiger partial charge in [0, 0.05) is 12.8 Å². The van der Waals surface area contributed by atoms with Crippen LogP contribution in [0.15, 0.2) is 12.6 Å². The summed E-state index contributed by atoms with van der Waals surface area (Å²) in [6.45, 7) is 7.91. The Bertz CT molecular complexity index is 326. The first-order valence-corrected chi connectivity index (χ1v) is 5.11. The molecule has 0 saturated carbocycles. The number of aldehydes is 1. The highest BCUT2D eigenvalue weighted by Crippen LogP contribution is 2.30. The molecule has 1 aromatic rings. The zero-order chi connectivity index (χ0) is 11.8.